The van der Waals surface area contributed by atoms with Crippen LogP contribution in [0.15, 0.2) is 71.7 Å². The summed E-state index contributed by atoms with van der Waals surface area (Å²) >= 11 is 0. The van der Waals surface area contributed by atoms with Crippen molar-refractivity contribution in [3.05, 3.63) is 72.3 Å². The number of fused-ring (bicyclic) bond motifs is 1. The van der Waals surface area contributed by atoms with Crippen molar-refractivity contribution in [2.75, 3.05) is 12.4 Å². The summed E-state index contributed by atoms with van der Waals surface area (Å²) in [4.78, 5) is 24.4. The summed E-state index contributed by atoms with van der Waals surface area (Å²) in [7, 11) is 1.74. The van der Waals surface area contributed by atoms with E-state index in [0.717, 1.165) is 55.2 Å². The lowest BCUT2D eigenvalue weighted by Gasteiger charge is -2.35. The van der Waals surface area contributed by atoms with Crippen LogP contribution in [-0.2, 0) is 11.2 Å². The van der Waals surface area contributed by atoms with Crippen LogP contribution < -0.4 is 11.1 Å². The molecule has 1 amide bonds. The quantitative estimate of drug-likeness (QED) is 0.538. The molecule has 1 aliphatic heterocycles. The summed E-state index contributed by atoms with van der Waals surface area (Å²) in [6.45, 7) is 0. The normalized spacial score (nSPS) is 24.9. The first-order valence-electron chi connectivity index (χ1n) is 12.3. The fourth-order valence-corrected chi connectivity index (χ4v) is 5.59. The third-order valence-corrected chi connectivity index (χ3v) is 7.40. The Morgan fingerprint density at radius 2 is 1.85 bits per heavy atom. The first kappa shape index (κ1) is 22.4. The average Bonchev–Trinajstić information content (AvgIpc) is 3.07. The van der Waals surface area contributed by atoms with Crippen LogP contribution in [0.25, 0.3) is 10.9 Å². The number of nitrogens with one attached hydrogen (secondary N) is 1. The molecule has 6 nitrogen and oxygen atoms in total. The van der Waals surface area contributed by atoms with Gasteiger partial charge in [0.2, 0.25) is 0 Å². The van der Waals surface area contributed by atoms with Gasteiger partial charge in [0.1, 0.15) is 11.4 Å². The second kappa shape index (κ2) is 9.45. The highest BCUT2D eigenvalue weighted by atomic mass is 16.2. The summed E-state index contributed by atoms with van der Waals surface area (Å²) in [5.41, 5.74) is 7.60. The molecular formula is C28H33N5O. The van der Waals surface area contributed by atoms with E-state index in [4.69, 9.17) is 15.7 Å². The number of pyridine rings is 1. The van der Waals surface area contributed by atoms with Crippen molar-refractivity contribution in [2.45, 2.75) is 56.5 Å². The maximum Gasteiger partial charge on any atom is 0.257 e. The highest BCUT2D eigenvalue weighted by Gasteiger charge is 2.47. The number of hydrogen-bond acceptors (Lipinski definition) is 5. The summed E-state index contributed by atoms with van der Waals surface area (Å²) < 4.78 is 0. The standard InChI is InChI=1S/C28H33N5O/c1-33-26(34)28(32-27(33)29,17-16-20-8-3-2-4-9-20)19-21-10-7-12-23(18-21)30-25-15-14-22-11-5-6-13-24(22)31-25/h2-6,8-9,11,13-15,21,23H,7,10,12,16-19H2,1H3,(H2,29,32)(H,30,31)/t21-,23+,28+/m0/s1. The Morgan fingerprint density at radius 1 is 1.06 bits per heavy atom. The van der Waals surface area contributed by atoms with Crippen molar-refractivity contribution >= 4 is 28.6 Å². The predicted molar refractivity (Wildman–Crippen MR) is 138 cm³/mol. The lowest BCUT2D eigenvalue weighted by atomic mass is 9.75. The molecule has 176 valence electrons. The molecule has 0 spiro atoms. The number of nitrogens with two attached hydrogens (primary N) is 1. The van der Waals surface area contributed by atoms with Gasteiger partial charge >= 0.3 is 0 Å². The fourth-order valence-electron chi connectivity index (χ4n) is 5.59. The van der Waals surface area contributed by atoms with E-state index in [1.54, 1.807) is 7.05 Å². The maximum atomic E-state index is 13.3. The highest BCUT2D eigenvalue weighted by molar-refractivity contribution is 6.06. The smallest absolute Gasteiger partial charge is 0.257 e. The number of carbonyl (C=O) groups is 1. The lowest BCUT2D eigenvalue weighted by Crippen LogP contribution is -2.44. The number of aryl methyl sites for hydroxylation is 1. The number of rotatable bonds is 7. The number of para-hydroxylation sites is 1. The zero-order valence-corrected chi connectivity index (χ0v) is 19.8. The Bertz CT molecular complexity index is 1190. The summed E-state index contributed by atoms with van der Waals surface area (Å²) in [6, 6.07) is 23.0. The van der Waals surface area contributed by atoms with Gasteiger partial charge in [-0.1, -0.05) is 61.4 Å². The number of nitrogens with zero attached hydrogens (tertiary/aromatic N) is 3. The van der Waals surface area contributed by atoms with E-state index in [1.165, 1.54) is 10.5 Å². The van der Waals surface area contributed by atoms with Crippen LogP contribution in [-0.4, -0.2) is 40.4 Å². The number of anilines is 1. The zero-order valence-electron chi connectivity index (χ0n) is 19.8. The van der Waals surface area contributed by atoms with Gasteiger partial charge < -0.3 is 11.1 Å². The van der Waals surface area contributed by atoms with Crippen molar-refractivity contribution in [1.82, 2.24) is 9.88 Å². The first-order valence-corrected chi connectivity index (χ1v) is 12.3. The van der Waals surface area contributed by atoms with Crippen LogP contribution in [0.2, 0.25) is 0 Å². The van der Waals surface area contributed by atoms with Crippen LogP contribution in [0.5, 0.6) is 0 Å². The van der Waals surface area contributed by atoms with Crippen molar-refractivity contribution < 1.29 is 4.79 Å². The van der Waals surface area contributed by atoms with E-state index in [1.807, 2.05) is 36.4 Å². The Morgan fingerprint density at radius 3 is 2.65 bits per heavy atom. The van der Waals surface area contributed by atoms with Crippen LogP contribution in [0.1, 0.15) is 44.1 Å². The molecule has 3 N–H and O–H groups in total. The molecule has 34 heavy (non-hydrogen) atoms. The molecule has 2 aromatic carbocycles. The number of aromatic nitrogens is 1. The molecule has 5 rings (SSSR count). The monoisotopic (exact) mass is 455 g/mol. The van der Waals surface area contributed by atoms with E-state index < -0.39 is 5.54 Å². The van der Waals surface area contributed by atoms with E-state index in [0.29, 0.717) is 24.3 Å². The minimum absolute atomic E-state index is 0.0345. The van der Waals surface area contributed by atoms with Gasteiger partial charge in [0.05, 0.1) is 5.52 Å². The van der Waals surface area contributed by atoms with Gasteiger partial charge in [-0.2, -0.15) is 0 Å². The van der Waals surface area contributed by atoms with E-state index in [2.05, 4.69) is 35.6 Å². The Labute approximate surface area is 201 Å². The molecule has 0 bridgehead atoms. The molecule has 2 aliphatic rings. The van der Waals surface area contributed by atoms with Gasteiger partial charge in [-0.15, -0.1) is 0 Å². The molecule has 1 aliphatic carbocycles. The summed E-state index contributed by atoms with van der Waals surface area (Å²) in [6.07, 6.45) is 6.60. The zero-order chi connectivity index (χ0) is 23.5. The van der Waals surface area contributed by atoms with Gasteiger partial charge in [-0.05, 0) is 61.8 Å². The third kappa shape index (κ3) is 4.63. The van der Waals surface area contributed by atoms with Crippen LogP contribution in [0.3, 0.4) is 0 Å². The predicted octanol–water partition coefficient (Wildman–Crippen LogP) is 4.75. The van der Waals surface area contributed by atoms with Crippen LogP contribution >= 0.6 is 0 Å². The molecule has 3 aromatic rings. The van der Waals surface area contributed by atoms with Crippen LogP contribution in [0.4, 0.5) is 5.82 Å². The van der Waals surface area contributed by atoms with Crippen molar-refractivity contribution in [3.63, 3.8) is 0 Å². The van der Waals surface area contributed by atoms with Crippen molar-refractivity contribution in [2.24, 2.45) is 16.6 Å². The molecule has 3 atom stereocenters. The molecule has 2 heterocycles. The van der Waals surface area contributed by atoms with E-state index in [9.17, 15) is 4.79 Å². The molecule has 0 unspecified atom stereocenters. The van der Waals surface area contributed by atoms with Crippen molar-refractivity contribution in [1.29, 1.82) is 0 Å². The molecule has 0 saturated heterocycles. The molecule has 1 aromatic heterocycles. The van der Waals surface area contributed by atoms with Gasteiger partial charge in [0.25, 0.3) is 5.91 Å². The average molecular weight is 456 g/mol. The van der Waals surface area contributed by atoms with Gasteiger partial charge in [-0.3, -0.25) is 9.69 Å². The number of amides is 1. The molecule has 0 radical (unpaired) electrons. The third-order valence-electron chi connectivity index (χ3n) is 7.40. The first-order chi connectivity index (χ1) is 16.5. The maximum absolute atomic E-state index is 13.3. The topological polar surface area (TPSA) is 83.6 Å². The van der Waals surface area contributed by atoms with E-state index >= 15 is 0 Å². The Balaban J connectivity index is 1.29. The van der Waals surface area contributed by atoms with Gasteiger partial charge in [-0.25, -0.2) is 9.98 Å². The minimum Gasteiger partial charge on any atom is -0.369 e. The largest absolute Gasteiger partial charge is 0.369 e. The fraction of sp³-hybridized carbons (Fsp3) is 0.393. The molecule has 1 saturated carbocycles. The lowest BCUT2D eigenvalue weighted by molar-refractivity contribution is -0.131. The Kier molecular flexibility index (Phi) is 6.22. The number of carbonyl (C=O) groups excluding carboxylic acids is 1. The second-order valence-electron chi connectivity index (χ2n) is 9.82. The second-order valence-corrected chi connectivity index (χ2v) is 9.82. The SMILES string of the molecule is CN1C(=O)[C@@](CCc2ccccc2)(C[C@H]2CCC[C@@H](Nc3ccc4ccccc4n3)C2)N=C1N. The van der Waals surface area contributed by atoms with Crippen molar-refractivity contribution in [3.8, 4) is 0 Å². The highest BCUT2D eigenvalue weighted by Crippen LogP contribution is 2.39. The minimum atomic E-state index is -0.761. The van der Waals surface area contributed by atoms with E-state index in [-0.39, 0.29) is 5.91 Å². The molecule has 1 fully saturated rings. The number of hydrogen-bond donors (Lipinski definition) is 2. The number of benzene rings is 2. The number of aliphatic imine (C=N–C) groups is 1. The summed E-state index contributed by atoms with van der Waals surface area (Å²) in [5.74, 6) is 1.70. The summed E-state index contributed by atoms with van der Waals surface area (Å²) in [5, 5.41) is 4.81. The Hall–Kier alpha value is -3.41. The molecule has 6 heteroatoms. The number of guanidine groups is 1. The van der Waals surface area contributed by atoms with Crippen LogP contribution in [0, 0.1) is 5.92 Å². The van der Waals surface area contributed by atoms with Gasteiger partial charge in [0.15, 0.2) is 5.96 Å². The van der Waals surface area contributed by atoms with Gasteiger partial charge in [0, 0.05) is 18.5 Å². The molecular weight excluding hydrogens is 422 g/mol. The number of likely N-dealkylation sites (N-methyl/N-ethyl adjacent to an activating group) is 1.